The molecule has 0 atom stereocenters. The summed E-state index contributed by atoms with van der Waals surface area (Å²) >= 11 is 0. The molecule has 2 amide bonds. The highest BCUT2D eigenvalue weighted by molar-refractivity contribution is 6.10. The van der Waals surface area contributed by atoms with Crippen molar-refractivity contribution in [1.82, 2.24) is 20.0 Å². The summed E-state index contributed by atoms with van der Waals surface area (Å²) in [6.45, 7) is 3.29. The van der Waals surface area contributed by atoms with Crippen LogP contribution in [0, 0.1) is 0 Å². The maximum Gasteiger partial charge on any atom is 0.314 e. The number of hydrogen-bond acceptors (Lipinski definition) is 6. The van der Waals surface area contributed by atoms with Crippen molar-refractivity contribution in [2.45, 2.75) is 0 Å². The number of carbonyl (C=O) groups is 1. The van der Waals surface area contributed by atoms with Gasteiger partial charge in [0.25, 0.3) is 0 Å². The molecule has 1 aromatic carbocycles. The maximum absolute atomic E-state index is 11.3. The van der Waals surface area contributed by atoms with Crippen molar-refractivity contribution in [1.29, 1.82) is 0 Å². The molecule has 1 aromatic heterocycles. The number of amides is 2. The Balaban J connectivity index is 1.61. The number of hydrogen-bond donors (Lipinski definition) is 1. The SMILES string of the molecule is NC(=O)N1CCN(C2=CCN(c3cccnn3)C(c3ccccc3)=N2)CC1. The summed E-state index contributed by atoms with van der Waals surface area (Å²) in [5.41, 5.74) is 6.40. The number of carbonyl (C=O) groups excluding carboxylic acids is 1. The predicted molar refractivity (Wildman–Crippen MR) is 103 cm³/mol. The largest absolute Gasteiger partial charge is 0.353 e. The minimum atomic E-state index is -0.366. The third-order valence-corrected chi connectivity index (χ3v) is 4.71. The summed E-state index contributed by atoms with van der Waals surface area (Å²) in [6, 6.07) is 13.5. The van der Waals surface area contributed by atoms with Gasteiger partial charge in [-0.3, -0.25) is 0 Å². The number of primary amides is 1. The monoisotopic (exact) mass is 363 g/mol. The highest BCUT2D eigenvalue weighted by atomic mass is 16.2. The number of nitrogens with zero attached hydrogens (tertiary/aromatic N) is 6. The molecule has 0 unspecified atom stereocenters. The molecule has 8 heteroatoms. The van der Waals surface area contributed by atoms with Gasteiger partial charge in [0.15, 0.2) is 5.82 Å². The van der Waals surface area contributed by atoms with Gasteiger partial charge in [0.05, 0.1) is 0 Å². The lowest BCUT2D eigenvalue weighted by atomic mass is 10.1. The van der Waals surface area contributed by atoms with Gasteiger partial charge in [0.2, 0.25) is 0 Å². The molecule has 138 valence electrons. The van der Waals surface area contributed by atoms with Gasteiger partial charge in [0, 0.05) is 44.5 Å². The highest BCUT2D eigenvalue weighted by Gasteiger charge is 2.25. The lowest BCUT2D eigenvalue weighted by Crippen LogP contribution is -2.50. The summed E-state index contributed by atoms with van der Waals surface area (Å²) in [6.07, 6.45) is 3.74. The molecule has 2 aliphatic heterocycles. The van der Waals surface area contributed by atoms with E-state index in [2.05, 4.69) is 21.2 Å². The van der Waals surface area contributed by atoms with Gasteiger partial charge in [-0.15, -0.1) is 5.10 Å². The smallest absolute Gasteiger partial charge is 0.314 e. The molecule has 1 fully saturated rings. The highest BCUT2D eigenvalue weighted by Crippen LogP contribution is 2.22. The number of anilines is 1. The molecule has 0 bridgehead atoms. The Morgan fingerprint density at radius 2 is 1.78 bits per heavy atom. The van der Waals surface area contributed by atoms with Gasteiger partial charge in [0.1, 0.15) is 11.7 Å². The number of benzene rings is 1. The van der Waals surface area contributed by atoms with Crippen LogP contribution in [-0.2, 0) is 0 Å². The number of piperazine rings is 1. The van der Waals surface area contributed by atoms with E-state index in [0.717, 1.165) is 23.0 Å². The van der Waals surface area contributed by atoms with Crippen molar-refractivity contribution >= 4 is 17.7 Å². The van der Waals surface area contributed by atoms with Crippen LogP contribution in [0.2, 0.25) is 0 Å². The van der Waals surface area contributed by atoms with Crippen molar-refractivity contribution in [2.24, 2.45) is 10.7 Å². The second-order valence-corrected chi connectivity index (χ2v) is 6.37. The fraction of sp³-hybridized carbons (Fsp3) is 0.263. The molecule has 2 aromatic rings. The zero-order chi connectivity index (χ0) is 18.6. The van der Waals surface area contributed by atoms with E-state index in [4.69, 9.17) is 10.7 Å². The Morgan fingerprint density at radius 3 is 2.44 bits per heavy atom. The topological polar surface area (TPSA) is 91.0 Å². The van der Waals surface area contributed by atoms with Crippen LogP contribution in [-0.4, -0.2) is 64.6 Å². The van der Waals surface area contributed by atoms with Crippen molar-refractivity contribution in [2.75, 3.05) is 37.6 Å². The molecule has 3 heterocycles. The van der Waals surface area contributed by atoms with E-state index in [1.807, 2.05) is 47.4 Å². The van der Waals surface area contributed by atoms with E-state index in [0.29, 0.717) is 32.7 Å². The first-order chi connectivity index (χ1) is 13.2. The Bertz CT molecular complexity index is 858. The first kappa shape index (κ1) is 17.0. The zero-order valence-electron chi connectivity index (χ0n) is 14.9. The van der Waals surface area contributed by atoms with E-state index < -0.39 is 0 Å². The Hall–Kier alpha value is -3.42. The molecule has 0 radical (unpaired) electrons. The number of urea groups is 1. The van der Waals surface area contributed by atoms with Crippen LogP contribution in [0.25, 0.3) is 0 Å². The minimum Gasteiger partial charge on any atom is -0.353 e. The summed E-state index contributed by atoms with van der Waals surface area (Å²) in [4.78, 5) is 22.2. The summed E-state index contributed by atoms with van der Waals surface area (Å²) in [5.74, 6) is 2.51. The van der Waals surface area contributed by atoms with Gasteiger partial charge < -0.3 is 20.4 Å². The van der Waals surface area contributed by atoms with Crippen molar-refractivity contribution in [3.8, 4) is 0 Å². The fourth-order valence-corrected chi connectivity index (χ4v) is 3.28. The average molecular weight is 363 g/mol. The molecule has 2 aliphatic rings. The number of rotatable bonds is 3. The summed E-state index contributed by atoms with van der Waals surface area (Å²) in [7, 11) is 0. The second-order valence-electron chi connectivity index (χ2n) is 6.37. The zero-order valence-corrected chi connectivity index (χ0v) is 14.9. The summed E-state index contributed by atoms with van der Waals surface area (Å²) in [5, 5.41) is 8.23. The first-order valence-corrected chi connectivity index (χ1v) is 8.91. The minimum absolute atomic E-state index is 0.366. The van der Waals surface area contributed by atoms with Gasteiger partial charge >= 0.3 is 6.03 Å². The van der Waals surface area contributed by atoms with Gasteiger partial charge in [-0.1, -0.05) is 30.3 Å². The lowest BCUT2D eigenvalue weighted by molar-refractivity contribution is 0.163. The summed E-state index contributed by atoms with van der Waals surface area (Å²) < 4.78 is 0. The molecule has 8 nitrogen and oxygen atoms in total. The predicted octanol–water partition coefficient (Wildman–Crippen LogP) is 1.28. The van der Waals surface area contributed by atoms with Gasteiger partial charge in [-0.05, 0) is 18.2 Å². The van der Waals surface area contributed by atoms with E-state index in [1.54, 1.807) is 11.1 Å². The van der Waals surface area contributed by atoms with Crippen LogP contribution < -0.4 is 10.6 Å². The van der Waals surface area contributed by atoms with Crippen molar-refractivity contribution in [3.05, 3.63) is 66.1 Å². The molecule has 27 heavy (non-hydrogen) atoms. The van der Waals surface area contributed by atoms with Crippen LogP contribution in [0.3, 0.4) is 0 Å². The van der Waals surface area contributed by atoms with Gasteiger partial charge in [-0.25, -0.2) is 9.79 Å². The molecule has 0 saturated carbocycles. The van der Waals surface area contributed by atoms with Crippen LogP contribution in [0.4, 0.5) is 10.6 Å². The normalized spacial score (nSPS) is 17.4. The van der Waals surface area contributed by atoms with Crippen LogP contribution in [0.15, 0.2) is 65.6 Å². The molecule has 0 aliphatic carbocycles. The molecule has 4 rings (SSSR count). The Morgan fingerprint density at radius 1 is 1.00 bits per heavy atom. The maximum atomic E-state index is 11.3. The fourth-order valence-electron chi connectivity index (χ4n) is 3.28. The molecule has 2 N–H and O–H groups in total. The molecular formula is C19H21N7O. The molecular weight excluding hydrogens is 342 g/mol. The number of nitrogens with two attached hydrogens (primary N) is 1. The van der Waals surface area contributed by atoms with Crippen molar-refractivity contribution < 1.29 is 4.79 Å². The average Bonchev–Trinajstić information content (AvgIpc) is 2.74. The number of aliphatic imine (C=N–C) groups is 1. The molecule has 1 saturated heterocycles. The van der Waals surface area contributed by atoms with E-state index >= 15 is 0 Å². The van der Waals surface area contributed by atoms with Crippen LogP contribution in [0.5, 0.6) is 0 Å². The standard InChI is InChI=1S/C19H21N7O/c20-19(27)25-13-11-24(12-14-25)16-8-10-26(17-7-4-9-21-23-17)18(22-16)15-5-2-1-3-6-15/h1-9H,10-14H2,(H2,20,27). The van der Waals surface area contributed by atoms with Gasteiger partial charge in [-0.2, -0.15) is 5.10 Å². The third-order valence-electron chi connectivity index (χ3n) is 4.71. The van der Waals surface area contributed by atoms with Crippen molar-refractivity contribution in [3.63, 3.8) is 0 Å². The van der Waals surface area contributed by atoms with Crippen LogP contribution in [0.1, 0.15) is 5.56 Å². The van der Waals surface area contributed by atoms with E-state index in [-0.39, 0.29) is 6.03 Å². The molecule has 0 spiro atoms. The number of aromatic nitrogens is 2. The van der Waals surface area contributed by atoms with E-state index in [1.165, 1.54) is 0 Å². The quantitative estimate of drug-likeness (QED) is 0.887. The van der Waals surface area contributed by atoms with E-state index in [9.17, 15) is 4.79 Å². The number of amidine groups is 1. The first-order valence-electron chi connectivity index (χ1n) is 8.91. The Labute approximate surface area is 157 Å². The Kier molecular flexibility index (Phi) is 4.69. The second kappa shape index (κ2) is 7.45. The third kappa shape index (κ3) is 3.59. The lowest BCUT2D eigenvalue weighted by Gasteiger charge is -2.37. The van der Waals surface area contributed by atoms with Crippen LogP contribution >= 0.6 is 0 Å².